The summed E-state index contributed by atoms with van der Waals surface area (Å²) in [6.45, 7) is 0. The number of fused-ring (bicyclic) bond motifs is 1. The van der Waals surface area contributed by atoms with Gasteiger partial charge in [0.05, 0.1) is 25.4 Å². The van der Waals surface area contributed by atoms with Crippen molar-refractivity contribution in [2.24, 2.45) is 0 Å². The molecular formula is C17H15NO2. The predicted molar refractivity (Wildman–Crippen MR) is 80.3 cm³/mol. The molecule has 2 aromatic carbocycles. The SMILES string of the molecule is COc1ccc(OC)c(-c2ccc3ccccc3n2)c1. The summed E-state index contributed by atoms with van der Waals surface area (Å²) < 4.78 is 10.7. The molecule has 0 bridgehead atoms. The molecule has 1 aromatic heterocycles. The molecule has 0 aliphatic carbocycles. The summed E-state index contributed by atoms with van der Waals surface area (Å²) >= 11 is 0. The lowest BCUT2D eigenvalue weighted by Gasteiger charge is -2.10. The third-order valence-corrected chi connectivity index (χ3v) is 3.28. The molecule has 0 unspecified atom stereocenters. The molecule has 0 radical (unpaired) electrons. The largest absolute Gasteiger partial charge is 0.497 e. The molecule has 0 fully saturated rings. The predicted octanol–water partition coefficient (Wildman–Crippen LogP) is 3.92. The topological polar surface area (TPSA) is 31.4 Å². The fraction of sp³-hybridized carbons (Fsp3) is 0.118. The molecule has 0 aliphatic heterocycles. The fourth-order valence-corrected chi connectivity index (χ4v) is 2.23. The number of nitrogens with zero attached hydrogens (tertiary/aromatic N) is 1. The van der Waals surface area contributed by atoms with Crippen molar-refractivity contribution in [1.82, 2.24) is 4.98 Å². The monoisotopic (exact) mass is 265 g/mol. The van der Waals surface area contributed by atoms with Crippen LogP contribution in [0, 0.1) is 0 Å². The molecule has 100 valence electrons. The van der Waals surface area contributed by atoms with Crippen LogP contribution in [0.4, 0.5) is 0 Å². The summed E-state index contributed by atoms with van der Waals surface area (Å²) in [6, 6.07) is 17.8. The summed E-state index contributed by atoms with van der Waals surface area (Å²) in [5, 5.41) is 1.12. The van der Waals surface area contributed by atoms with Crippen LogP contribution in [0.25, 0.3) is 22.2 Å². The van der Waals surface area contributed by atoms with E-state index in [1.165, 1.54) is 0 Å². The molecule has 0 aliphatic rings. The van der Waals surface area contributed by atoms with Gasteiger partial charge in [0.1, 0.15) is 11.5 Å². The first kappa shape index (κ1) is 12.5. The molecule has 0 saturated heterocycles. The van der Waals surface area contributed by atoms with Crippen LogP contribution < -0.4 is 9.47 Å². The first-order valence-electron chi connectivity index (χ1n) is 6.40. The van der Waals surface area contributed by atoms with Crippen molar-refractivity contribution in [3.05, 3.63) is 54.6 Å². The summed E-state index contributed by atoms with van der Waals surface area (Å²) in [7, 11) is 3.31. The van der Waals surface area contributed by atoms with Crippen LogP contribution in [0.3, 0.4) is 0 Å². The number of benzene rings is 2. The highest BCUT2D eigenvalue weighted by Gasteiger charge is 2.09. The van der Waals surface area contributed by atoms with Crippen molar-refractivity contribution in [3.8, 4) is 22.8 Å². The Labute approximate surface area is 117 Å². The summed E-state index contributed by atoms with van der Waals surface area (Å²) in [6.07, 6.45) is 0. The Bertz CT molecular complexity index is 753. The molecule has 3 heteroatoms. The maximum Gasteiger partial charge on any atom is 0.128 e. The first-order chi connectivity index (χ1) is 9.81. The molecule has 0 amide bonds. The third-order valence-electron chi connectivity index (χ3n) is 3.28. The second-order valence-electron chi connectivity index (χ2n) is 4.46. The number of hydrogen-bond donors (Lipinski definition) is 0. The maximum atomic E-state index is 5.42. The average Bonchev–Trinajstić information content (AvgIpc) is 2.53. The molecule has 3 rings (SSSR count). The van der Waals surface area contributed by atoms with E-state index >= 15 is 0 Å². The van der Waals surface area contributed by atoms with Crippen molar-refractivity contribution < 1.29 is 9.47 Å². The van der Waals surface area contributed by atoms with Gasteiger partial charge in [-0.05, 0) is 30.3 Å². The number of ether oxygens (including phenoxy) is 2. The Balaban J connectivity index is 2.18. The summed E-state index contributed by atoms with van der Waals surface area (Å²) in [4.78, 5) is 4.69. The highest BCUT2D eigenvalue weighted by Crippen LogP contribution is 2.33. The van der Waals surface area contributed by atoms with Gasteiger partial charge in [-0.3, -0.25) is 0 Å². The molecule has 0 spiro atoms. The van der Waals surface area contributed by atoms with E-state index in [4.69, 9.17) is 14.5 Å². The van der Waals surface area contributed by atoms with E-state index in [1.807, 2.05) is 42.5 Å². The first-order valence-corrected chi connectivity index (χ1v) is 6.40. The lowest BCUT2D eigenvalue weighted by Crippen LogP contribution is -1.92. The van der Waals surface area contributed by atoms with Gasteiger partial charge in [-0.15, -0.1) is 0 Å². The highest BCUT2D eigenvalue weighted by molar-refractivity contribution is 5.82. The van der Waals surface area contributed by atoms with Gasteiger partial charge in [-0.1, -0.05) is 24.3 Å². The van der Waals surface area contributed by atoms with Crippen molar-refractivity contribution in [2.75, 3.05) is 14.2 Å². The number of hydrogen-bond acceptors (Lipinski definition) is 3. The average molecular weight is 265 g/mol. The molecule has 0 N–H and O–H groups in total. The van der Waals surface area contributed by atoms with Gasteiger partial charge in [-0.25, -0.2) is 4.98 Å². The quantitative estimate of drug-likeness (QED) is 0.719. The van der Waals surface area contributed by atoms with E-state index in [2.05, 4.69) is 12.1 Å². The molecule has 1 heterocycles. The van der Waals surface area contributed by atoms with Crippen molar-refractivity contribution in [2.45, 2.75) is 0 Å². The Morgan fingerprint density at radius 2 is 1.70 bits per heavy atom. The van der Waals surface area contributed by atoms with Crippen LogP contribution in [0.2, 0.25) is 0 Å². The highest BCUT2D eigenvalue weighted by atomic mass is 16.5. The van der Waals surface area contributed by atoms with Crippen molar-refractivity contribution >= 4 is 10.9 Å². The van der Waals surface area contributed by atoms with Gasteiger partial charge < -0.3 is 9.47 Å². The minimum Gasteiger partial charge on any atom is -0.497 e. The van der Waals surface area contributed by atoms with E-state index in [0.717, 1.165) is 33.7 Å². The van der Waals surface area contributed by atoms with E-state index in [9.17, 15) is 0 Å². The van der Waals surface area contributed by atoms with Crippen LogP contribution in [0.15, 0.2) is 54.6 Å². The number of para-hydroxylation sites is 1. The van der Waals surface area contributed by atoms with Crippen LogP contribution in [-0.4, -0.2) is 19.2 Å². The van der Waals surface area contributed by atoms with E-state index in [-0.39, 0.29) is 0 Å². The van der Waals surface area contributed by atoms with Crippen LogP contribution in [0.5, 0.6) is 11.5 Å². The lowest BCUT2D eigenvalue weighted by molar-refractivity contribution is 0.404. The van der Waals surface area contributed by atoms with Crippen LogP contribution >= 0.6 is 0 Å². The lowest BCUT2D eigenvalue weighted by atomic mass is 10.1. The zero-order chi connectivity index (χ0) is 13.9. The number of rotatable bonds is 3. The van der Waals surface area contributed by atoms with Gasteiger partial charge in [0.2, 0.25) is 0 Å². The van der Waals surface area contributed by atoms with Gasteiger partial charge in [0.25, 0.3) is 0 Å². The number of pyridine rings is 1. The van der Waals surface area contributed by atoms with Crippen molar-refractivity contribution in [3.63, 3.8) is 0 Å². The number of aromatic nitrogens is 1. The van der Waals surface area contributed by atoms with Gasteiger partial charge in [0, 0.05) is 10.9 Å². The summed E-state index contributed by atoms with van der Waals surface area (Å²) in [5.74, 6) is 1.57. The molecule has 3 aromatic rings. The van der Waals surface area contributed by atoms with Gasteiger partial charge >= 0.3 is 0 Å². The second-order valence-corrected chi connectivity index (χ2v) is 4.46. The van der Waals surface area contributed by atoms with E-state index < -0.39 is 0 Å². The fourth-order valence-electron chi connectivity index (χ4n) is 2.23. The smallest absolute Gasteiger partial charge is 0.128 e. The normalized spacial score (nSPS) is 10.5. The zero-order valence-corrected chi connectivity index (χ0v) is 11.5. The summed E-state index contributed by atoms with van der Waals surface area (Å²) in [5.41, 5.74) is 2.77. The Morgan fingerprint density at radius 3 is 2.50 bits per heavy atom. The Kier molecular flexibility index (Phi) is 3.25. The Morgan fingerprint density at radius 1 is 0.850 bits per heavy atom. The second kappa shape index (κ2) is 5.21. The molecule has 3 nitrogen and oxygen atoms in total. The van der Waals surface area contributed by atoms with Crippen LogP contribution in [-0.2, 0) is 0 Å². The minimum atomic E-state index is 0.786. The molecule has 0 saturated carbocycles. The van der Waals surface area contributed by atoms with Crippen molar-refractivity contribution in [1.29, 1.82) is 0 Å². The third kappa shape index (κ3) is 2.18. The standard InChI is InChI=1S/C17H15NO2/c1-19-13-8-10-17(20-2)14(11-13)16-9-7-12-5-3-4-6-15(12)18-16/h3-11H,1-2H3. The maximum absolute atomic E-state index is 5.42. The van der Waals surface area contributed by atoms with Gasteiger partial charge in [-0.2, -0.15) is 0 Å². The molecule has 0 atom stereocenters. The van der Waals surface area contributed by atoms with E-state index in [1.54, 1.807) is 14.2 Å². The zero-order valence-electron chi connectivity index (χ0n) is 11.5. The molecular weight excluding hydrogens is 250 g/mol. The van der Waals surface area contributed by atoms with Crippen LogP contribution in [0.1, 0.15) is 0 Å². The minimum absolute atomic E-state index is 0.786. The van der Waals surface area contributed by atoms with Gasteiger partial charge in [0.15, 0.2) is 0 Å². The Hall–Kier alpha value is -2.55. The number of methoxy groups -OCH3 is 2. The van der Waals surface area contributed by atoms with E-state index in [0.29, 0.717) is 0 Å². The molecule has 20 heavy (non-hydrogen) atoms.